The summed E-state index contributed by atoms with van der Waals surface area (Å²) in [6, 6.07) is 6.65. The Bertz CT molecular complexity index is 567. The number of carbonyl (C=O) groups excluding carboxylic acids is 1. The van der Waals surface area contributed by atoms with E-state index in [-0.39, 0.29) is 5.41 Å². The molecule has 0 aliphatic heterocycles. The SMILES string of the molecule is CC(=O)CCCCCC(N(C)C)C1(c2ccc(Cl)c(Cl)c2)CCC1. The summed E-state index contributed by atoms with van der Waals surface area (Å²) in [5.41, 5.74) is 1.52. The van der Waals surface area contributed by atoms with Gasteiger partial charge in [-0.15, -0.1) is 0 Å². The Morgan fingerprint density at radius 1 is 1.17 bits per heavy atom. The van der Waals surface area contributed by atoms with E-state index in [0.29, 0.717) is 28.3 Å². The summed E-state index contributed by atoms with van der Waals surface area (Å²) in [7, 11) is 4.36. The molecule has 2 nitrogen and oxygen atoms in total. The maximum atomic E-state index is 11.1. The lowest BCUT2D eigenvalue weighted by Crippen LogP contribution is -2.52. The standard InChI is InChI=1S/C20H29Cl2NO/c1-15(24)8-5-4-6-9-19(23(2)3)20(12-7-13-20)16-10-11-17(21)18(22)14-16/h10-11,14,19H,4-9,12-13H2,1-3H3. The Morgan fingerprint density at radius 3 is 2.38 bits per heavy atom. The van der Waals surface area contributed by atoms with E-state index in [1.54, 1.807) is 6.92 Å². The second kappa shape index (κ2) is 8.69. The topological polar surface area (TPSA) is 20.3 Å². The van der Waals surface area contributed by atoms with Crippen molar-refractivity contribution in [1.82, 2.24) is 4.90 Å². The molecule has 24 heavy (non-hydrogen) atoms. The molecule has 134 valence electrons. The summed E-state index contributed by atoms with van der Waals surface area (Å²) in [5.74, 6) is 0.297. The molecule has 1 aromatic carbocycles. The molecule has 1 unspecified atom stereocenters. The highest BCUT2D eigenvalue weighted by Gasteiger charge is 2.46. The fourth-order valence-corrected chi connectivity index (χ4v) is 4.39. The fourth-order valence-electron chi connectivity index (χ4n) is 4.09. The number of halogens is 2. The molecule has 1 saturated carbocycles. The van der Waals surface area contributed by atoms with Crippen LogP contribution in [-0.4, -0.2) is 30.8 Å². The molecule has 1 fully saturated rings. The molecule has 0 saturated heterocycles. The zero-order chi connectivity index (χ0) is 17.7. The zero-order valence-corrected chi connectivity index (χ0v) is 16.6. The van der Waals surface area contributed by atoms with Crippen molar-refractivity contribution >= 4 is 29.0 Å². The smallest absolute Gasteiger partial charge is 0.129 e. The van der Waals surface area contributed by atoms with Crippen molar-refractivity contribution in [1.29, 1.82) is 0 Å². The monoisotopic (exact) mass is 369 g/mol. The third kappa shape index (κ3) is 4.53. The summed E-state index contributed by atoms with van der Waals surface area (Å²) in [5, 5.41) is 1.28. The van der Waals surface area contributed by atoms with Crippen LogP contribution in [0.25, 0.3) is 0 Å². The van der Waals surface area contributed by atoms with Crippen molar-refractivity contribution in [3.8, 4) is 0 Å². The summed E-state index contributed by atoms with van der Waals surface area (Å²) in [6.45, 7) is 1.68. The number of hydrogen-bond acceptors (Lipinski definition) is 2. The van der Waals surface area contributed by atoms with Crippen LogP contribution in [0.2, 0.25) is 10.0 Å². The van der Waals surface area contributed by atoms with Crippen LogP contribution in [0.15, 0.2) is 18.2 Å². The van der Waals surface area contributed by atoms with Gasteiger partial charge in [-0.05, 0) is 64.4 Å². The molecule has 1 atom stereocenters. The third-order valence-corrected chi connectivity index (χ3v) is 6.25. The number of likely N-dealkylation sites (N-methyl/N-ethyl adjacent to an activating group) is 1. The minimum Gasteiger partial charge on any atom is -0.306 e. The minimum absolute atomic E-state index is 0.193. The first-order chi connectivity index (χ1) is 11.4. The van der Waals surface area contributed by atoms with Gasteiger partial charge in [0.25, 0.3) is 0 Å². The van der Waals surface area contributed by atoms with E-state index in [1.807, 2.05) is 6.07 Å². The van der Waals surface area contributed by atoms with Crippen molar-refractivity contribution in [2.75, 3.05) is 14.1 Å². The summed E-state index contributed by atoms with van der Waals surface area (Å²) in [4.78, 5) is 13.4. The van der Waals surface area contributed by atoms with Gasteiger partial charge in [0, 0.05) is 17.9 Å². The number of rotatable bonds is 9. The first kappa shape index (κ1) is 19.8. The number of hydrogen-bond donors (Lipinski definition) is 0. The summed E-state index contributed by atoms with van der Waals surface area (Å²) >= 11 is 12.4. The van der Waals surface area contributed by atoms with E-state index in [9.17, 15) is 4.79 Å². The van der Waals surface area contributed by atoms with E-state index >= 15 is 0 Å². The van der Waals surface area contributed by atoms with Crippen LogP contribution < -0.4 is 0 Å². The van der Waals surface area contributed by atoms with Gasteiger partial charge in [-0.3, -0.25) is 0 Å². The van der Waals surface area contributed by atoms with E-state index in [2.05, 4.69) is 31.1 Å². The number of unbranched alkanes of at least 4 members (excludes halogenated alkanes) is 2. The quantitative estimate of drug-likeness (QED) is 0.506. The van der Waals surface area contributed by atoms with E-state index in [4.69, 9.17) is 23.2 Å². The van der Waals surface area contributed by atoms with E-state index in [1.165, 1.54) is 31.2 Å². The van der Waals surface area contributed by atoms with Crippen molar-refractivity contribution in [2.24, 2.45) is 0 Å². The van der Waals surface area contributed by atoms with Crippen LogP contribution in [0, 0.1) is 0 Å². The number of Topliss-reactive ketones (excluding diaryl/α,β-unsaturated/α-hetero) is 1. The van der Waals surface area contributed by atoms with Gasteiger partial charge in [-0.25, -0.2) is 0 Å². The highest BCUT2D eigenvalue weighted by molar-refractivity contribution is 6.42. The first-order valence-corrected chi connectivity index (χ1v) is 9.74. The van der Waals surface area contributed by atoms with Crippen LogP contribution in [0.5, 0.6) is 0 Å². The molecular formula is C20H29Cl2NO. The van der Waals surface area contributed by atoms with Crippen LogP contribution in [-0.2, 0) is 10.2 Å². The van der Waals surface area contributed by atoms with Crippen molar-refractivity contribution in [2.45, 2.75) is 69.7 Å². The maximum absolute atomic E-state index is 11.1. The molecule has 0 N–H and O–H groups in total. The second-order valence-electron chi connectivity index (χ2n) is 7.42. The average molecular weight is 370 g/mol. The highest BCUT2D eigenvalue weighted by atomic mass is 35.5. The average Bonchev–Trinajstić information content (AvgIpc) is 2.46. The molecule has 1 aromatic rings. The lowest BCUT2D eigenvalue weighted by Gasteiger charge is -2.51. The summed E-state index contributed by atoms with van der Waals surface area (Å²) in [6.07, 6.45) is 8.86. The Labute approximate surface area is 156 Å². The van der Waals surface area contributed by atoms with Gasteiger partial charge in [0.2, 0.25) is 0 Å². The van der Waals surface area contributed by atoms with Gasteiger partial charge >= 0.3 is 0 Å². The lowest BCUT2D eigenvalue weighted by molar-refractivity contribution is -0.117. The number of benzene rings is 1. The van der Waals surface area contributed by atoms with Gasteiger partial charge in [-0.1, -0.05) is 48.5 Å². The highest BCUT2D eigenvalue weighted by Crippen LogP contribution is 2.50. The zero-order valence-electron chi connectivity index (χ0n) is 15.1. The van der Waals surface area contributed by atoms with Crippen LogP contribution in [0.4, 0.5) is 0 Å². The normalized spacial score (nSPS) is 17.6. The van der Waals surface area contributed by atoms with E-state index < -0.39 is 0 Å². The molecule has 0 spiro atoms. The molecule has 1 aliphatic carbocycles. The molecule has 0 amide bonds. The Hall–Kier alpha value is -0.570. The Kier molecular flexibility index (Phi) is 7.15. The predicted octanol–water partition coefficient (Wildman–Crippen LogP) is 5.88. The van der Waals surface area contributed by atoms with Crippen LogP contribution in [0.1, 0.15) is 63.9 Å². The molecule has 0 aromatic heterocycles. The fraction of sp³-hybridized carbons (Fsp3) is 0.650. The third-order valence-electron chi connectivity index (χ3n) is 5.51. The number of ketones is 1. The Balaban J connectivity index is 2.08. The predicted molar refractivity (Wildman–Crippen MR) is 103 cm³/mol. The molecule has 0 radical (unpaired) electrons. The minimum atomic E-state index is 0.193. The van der Waals surface area contributed by atoms with Crippen molar-refractivity contribution in [3.05, 3.63) is 33.8 Å². The molecule has 0 heterocycles. The van der Waals surface area contributed by atoms with Crippen LogP contribution >= 0.6 is 23.2 Å². The second-order valence-corrected chi connectivity index (χ2v) is 8.23. The largest absolute Gasteiger partial charge is 0.306 e. The van der Waals surface area contributed by atoms with Crippen LogP contribution in [0.3, 0.4) is 0 Å². The molecule has 2 rings (SSSR count). The number of nitrogens with zero attached hydrogens (tertiary/aromatic N) is 1. The lowest BCUT2D eigenvalue weighted by atomic mass is 9.59. The summed E-state index contributed by atoms with van der Waals surface area (Å²) < 4.78 is 0. The molecule has 0 bridgehead atoms. The van der Waals surface area contributed by atoms with Gasteiger partial charge in [0.05, 0.1) is 10.0 Å². The van der Waals surface area contributed by atoms with Gasteiger partial charge in [0.1, 0.15) is 5.78 Å². The van der Waals surface area contributed by atoms with Crippen molar-refractivity contribution < 1.29 is 4.79 Å². The Morgan fingerprint density at radius 2 is 1.88 bits per heavy atom. The molecular weight excluding hydrogens is 341 g/mol. The molecule has 4 heteroatoms. The first-order valence-electron chi connectivity index (χ1n) is 8.98. The van der Waals surface area contributed by atoms with Crippen molar-refractivity contribution in [3.63, 3.8) is 0 Å². The number of carbonyl (C=O) groups is 1. The molecule has 1 aliphatic rings. The van der Waals surface area contributed by atoms with Gasteiger partial charge in [0.15, 0.2) is 0 Å². The van der Waals surface area contributed by atoms with E-state index in [0.717, 1.165) is 19.3 Å². The van der Waals surface area contributed by atoms with Gasteiger partial charge < -0.3 is 9.69 Å². The maximum Gasteiger partial charge on any atom is 0.129 e. The van der Waals surface area contributed by atoms with Gasteiger partial charge in [-0.2, -0.15) is 0 Å².